The molecule has 1 rings (SSSR count). The first-order valence-corrected chi connectivity index (χ1v) is 7.55. The highest BCUT2D eigenvalue weighted by Gasteiger charge is 2.36. The first-order chi connectivity index (χ1) is 7.65. The van der Waals surface area contributed by atoms with Crippen molar-refractivity contribution in [3.63, 3.8) is 0 Å². The van der Waals surface area contributed by atoms with Gasteiger partial charge in [-0.1, -0.05) is 0 Å². The zero-order chi connectivity index (χ0) is 13.3. The van der Waals surface area contributed by atoms with Gasteiger partial charge in [0.1, 0.15) is 5.54 Å². The number of rotatable bonds is 6. The van der Waals surface area contributed by atoms with E-state index in [0.29, 0.717) is 12.5 Å². The topological polar surface area (TPSA) is 101 Å². The Balaban J connectivity index is 0.00000289. The number of nitrogens with two attached hydrogens (primary N) is 1. The van der Waals surface area contributed by atoms with Crippen LogP contribution >= 0.6 is 12.4 Å². The van der Waals surface area contributed by atoms with Crippen molar-refractivity contribution in [3.8, 4) is 0 Å². The van der Waals surface area contributed by atoms with Crippen molar-refractivity contribution in [1.29, 1.82) is 0 Å². The molecule has 0 aromatic carbocycles. The Labute approximate surface area is 115 Å². The van der Waals surface area contributed by atoms with Gasteiger partial charge >= 0.3 is 0 Å². The molecule has 0 aromatic heterocycles. The van der Waals surface area contributed by atoms with Gasteiger partial charge in [0.25, 0.3) is 0 Å². The Kier molecular flexibility index (Phi) is 6.06. The molecule has 1 unspecified atom stereocenters. The average molecular weight is 300 g/mol. The van der Waals surface area contributed by atoms with Crippen LogP contribution in [0.15, 0.2) is 0 Å². The van der Waals surface area contributed by atoms with Gasteiger partial charge in [-0.15, -0.1) is 12.4 Å². The molecule has 6 nitrogen and oxygen atoms in total. The van der Waals surface area contributed by atoms with Crippen LogP contribution in [0.25, 0.3) is 0 Å². The predicted octanol–water partition coefficient (Wildman–Crippen LogP) is -0.410. The molecule has 8 heteroatoms. The highest BCUT2D eigenvalue weighted by Crippen LogP contribution is 2.32. The molecule has 1 amide bonds. The van der Waals surface area contributed by atoms with Gasteiger partial charge in [0.2, 0.25) is 15.9 Å². The van der Waals surface area contributed by atoms with E-state index in [1.165, 1.54) is 13.8 Å². The molecule has 1 aliphatic carbocycles. The van der Waals surface area contributed by atoms with Crippen molar-refractivity contribution >= 4 is 28.3 Å². The smallest absolute Gasteiger partial charge is 0.240 e. The molecule has 18 heavy (non-hydrogen) atoms. The Morgan fingerprint density at radius 1 is 1.44 bits per heavy atom. The van der Waals surface area contributed by atoms with E-state index < -0.39 is 15.6 Å². The van der Waals surface area contributed by atoms with E-state index in [-0.39, 0.29) is 24.4 Å². The quantitative estimate of drug-likeness (QED) is 0.620. The van der Waals surface area contributed by atoms with Crippen LogP contribution in [0.2, 0.25) is 0 Å². The number of carbonyl (C=O) groups is 1. The number of carbonyl (C=O) groups excluding carboxylic acids is 1. The van der Waals surface area contributed by atoms with Crippen LogP contribution in [0.1, 0.15) is 26.7 Å². The molecule has 0 heterocycles. The fourth-order valence-corrected chi connectivity index (χ4v) is 2.75. The van der Waals surface area contributed by atoms with Crippen LogP contribution in [0.3, 0.4) is 0 Å². The highest BCUT2D eigenvalue weighted by atomic mass is 35.5. The van der Waals surface area contributed by atoms with E-state index in [4.69, 9.17) is 5.73 Å². The molecule has 0 aliphatic heterocycles. The molecule has 0 aromatic rings. The molecule has 1 saturated carbocycles. The van der Waals surface area contributed by atoms with Gasteiger partial charge in [0.05, 0.1) is 6.26 Å². The Morgan fingerprint density at radius 3 is 2.28 bits per heavy atom. The number of sulfonamides is 1. The molecule has 108 valence electrons. The lowest BCUT2D eigenvalue weighted by atomic mass is 10.0. The molecular formula is C10H22ClN3O3S. The summed E-state index contributed by atoms with van der Waals surface area (Å²) in [4.78, 5) is 12.0. The third-order valence-corrected chi connectivity index (χ3v) is 3.65. The molecular weight excluding hydrogens is 278 g/mol. The maximum Gasteiger partial charge on any atom is 0.240 e. The summed E-state index contributed by atoms with van der Waals surface area (Å²) in [6, 6.07) is -0.0527. The Morgan fingerprint density at radius 2 is 1.94 bits per heavy atom. The SMILES string of the molecule is CC(C)(NS(C)(=O)=O)C(=O)NC(CN)C1CC1.Cl. The average Bonchev–Trinajstić information content (AvgIpc) is 2.92. The summed E-state index contributed by atoms with van der Waals surface area (Å²) in [7, 11) is -3.42. The fourth-order valence-electron chi connectivity index (χ4n) is 1.73. The summed E-state index contributed by atoms with van der Waals surface area (Å²) in [5.74, 6) is 0.100. The van der Waals surface area contributed by atoms with Gasteiger partial charge in [-0.25, -0.2) is 13.1 Å². The van der Waals surface area contributed by atoms with Crippen molar-refractivity contribution in [2.24, 2.45) is 11.7 Å². The van der Waals surface area contributed by atoms with E-state index in [1.54, 1.807) is 0 Å². The normalized spacial score (nSPS) is 17.8. The molecule has 0 bridgehead atoms. The zero-order valence-corrected chi connectivity index (χ0v) is 12.5. The van der Waals surface area contributed by atoms with Crippen molar-refractivity contribution in [3.05, 3.63) is 0 Å². The van der Waals surface area contributed by atoms with E-state index in [2.05, 4.69) is 10.0 Å². The molecule has 0 radical (unpaired) electrons. The van der Waals surface area contributed by atoms with Crippen LogP contribution in [0, 0.1) is 5.92 Å². The lowest BCUT2D eigenvalue weighted by Gasteiger charge is -2.27. The number of halogens is 1. The third-order valence-electron chi connectivity index (χ3n) is 2.77. The fraction of sp³-hybridized carbons (Fsp3) is 0.900. The van der Waals surface area contributed by atoms with Crippen LogP contribution in [0.4, 0.5) is 0 Å². The summed E-state index contributed by atoms with van der Waals surface area (Å²) >= 11 is 0. The second kappa shape index (κ2) is 6.18. The second-order valence-electron chi connectivity index (χ2n) is 5.15. The molecule has 0 saturated heterocycles. The molecule has 1 aliphatic rings. The minimum absolute atomic E-state index is 0. The summed E-state index contributed by atoms with van der Waals surface area (Å²) in [6.45, 7) is 3.44. The molecule has 4 N–H and O–H groups in total. The molecule has 0 spiro atoms. The Bertz CT molecular complexity index is 393. The zero-order valence-electron chi connectivity index (χ0n) is 10.9. The summed E-state index contributed by atoms with van der Waals surface area (Å²) < 4.78 is 24.6. The van der Waals surface area contributed by atoms with Crippen molar-refractivity contribution < 1.29 is 13.2 Å². The van der Waals surface area contributed by atoms with Crippen molar-refractivity contribution in [2.75, 3.05) is 12.8 Å². The van der Waals surface area contributed by atoms with E-state index >= 15 is 0 Å². The van der Waals surface area contributed by atoms with Gasteiger partial charge in [-0.3, -0.25) is 4.79 Å². The number of hydrogen-bond acceptors (Lipinski definition) is 4. The molecule has 1 fully saturated rings. The van der Waals surface area contributed by atoms with Crippen LogP contribution in [-0.4, -0.2) is 38.7 Å². The van der Waals surface area contributed by atoms with Gasteiger partial charge in [-0.2, -0.15) is 0 Å². The van der Waals surface area contributed by atoms with Crippen molar-refractivity contribution in [2.45, 2.75) is 38.3 Å². The van der Waals surface area contributed by atoms with E-state index in [0.717, 1.165) is 19.1 Å². The minimum Gasteiger partial charge on any atom is -0.350 e. The standard InChI is InChI=1S/C10H21N3O3S.ClH/c1-10(2,13-17(3,15)16)9(14)12-8(6-11)7-4-5-7;/h7-8,13H,4-6,11H2,1-3H3,(H,12,14);1H. The van der Waals surface area contributed by atoms with Crippen LogP contribution in [-0.2, 0) is 14.8 Å². The van der Waals surface area contributed by atoms with Gasteiger partial charge in [0.15, 0.2) is 0 Å². The second-order valence-corrected chi connectivity index (χ2v) is 6.90. The van der Waals surface area contributed by atoms with Crippen molar-refractivity contribution in [1.82, 2.24) is 10.0 Å². The van der Waals surface area contributed by atoms with Gasteiger partial charge < -0.3 is 11.1 Å². The highest BCUT2D eigenvalue weighted by molar-refractivity contribution is 7.88. The monoisotopic (exact) mass is 299 g/mol. The molecule has 1 atom stereocenters. The third kappa shape index (κ3) is 5.51. The lowest BCUT2D eigenvalue weighted by molar-refractivity contribution is -0.126. The van der Waals surface area contributed by atoms with Crippen LogP contribution in [0.5, 0.6) is 0 Å². The summed E-state index contributed by atoms with van der Waals surface area (Å²) in [6.07, 6.45) is 3.17. The van der Waals surface area contributed by atoms with Gasteiger partial charge in [0, 0.05) is 12.6 Å². The first kappa shape index (κ1) is 17.6. The largest absolute Gasteiger partial charge is 0.350 e. The Hall–Kier alpha value is -0.370. The number of amides is 1. The van der Waals surface area contributed by atoms with Gasteiger partial charge in [-0.05, 0) is 32.6 Å². The predicted molar refractivity (Wildman–Crippen MR) is 73.0 cm³/mol. The maximum absolute atomic E-state index is 12.0. The first-order valence-electron chi connectivity index (χ1n) is 5.65. The minimum atomic E-state index is -3.42. The van der Waals surface area contributed by atoms with E-state index in [1.807, 2.05) is 0 Å². The summed E-state index contributed by atoms with van der Waals surface area (Å²) in [5, 5.41) is 2.80. The van der Waals surface area contributed by atoms with Crippen LogP contribution < -0.4 is 15.8 Å². The number of nitrogens with one attached hydrogen (secondary N) is 2. The summed E-state index contributed by atoms with van der Waals surface area (Å²) in [5.41, 5.74) is 4.42. The maximum atomic E-state index is 12.0. The lowest BCUT2D eigenvalue weighted by Crippen LogP contribution is -2.57. The van der Waals surface area contributed by atoms with E-state index in [9.17, 15) is 13.2 Å². The number of hydrogen-bond donors (Lipinski definition) is 3.